The van der Waals surface area contributed by atoms with E-state index in [1.165, 1.54) is 30.6 Å². The molecule has 176 valence electrons. The van der Waals surface area contributed by atoms with Gasteiger partial charge in [-0.1, -0.05) is 6.07 Å². The maximum Gasteiger partial charge on any atom is 0.431 e. The number of halogens is 4. The second kappa shape index (κ2) is 8.57. The molecular formula is C23H25F4N5O. The van der Waals surface area contributed by atoms with E-state index < -0.39 is 11.9 Å². The number of anilines is 1. The molecular weight excluding hydrogens is 438 g/mol. The summed E-state index contributed by atoms with van der Waals surface area (Å²) in [6.45, 7) is 4.25. The summed E-state index contributed by atoms with van der Waals surface area (Å²) in [7, 11) is 0. The van der Waals surface area contributed by atoms with Crippen LogP contribution in [-0.4, -0.2) is 52.2 Å². The van der Waals surface area contributed by atoms with Crippen molar-refractivity contribution in [2.24, 2.45) is 11.8 Å². The Morgan fingerprint density at radius 3 is 2.52 bits per heavy atom. The number of rotatable bonds is 1. The van der Waals surface area contributed by atoms with Crippen LogP contribution >= 0.6 is 0 Å². The number of alkyl halides is 3. The fraction of sp³-hybridized carbons (Fsp3) is 0.478. The highest BCUT2D eigenvalue weighted by molar-refractivity contribution is 5.86. The Labute approximate surface area is 188 Å². The average molecular weight is 463 g/mol. The first-order valence-electron chi connectivity index (χ1n) is 11.0. The molecule has 3 atom stereocenters. The van der Waals surface area contributed by atoms with E-state index in [1.54, 1.807) is 12.1 Å². The molecule has 1 aliphatic carbocycles. The molecule has 2 fully saturated rings. The third-order valence-electron chi connectivity index (χ3n) is 6.92. The summed E-state index contributed by atoms with van der Waals surface area (Å²) in [4.78, 5) is 12.0. The van der Waals surface area contributed by atoms with Gasteiger partial charge in [0.15, 0.2) is 0 Å². The van der Waals surface area contributed by atoms with Gasteiger partial charge in [-0.05, 0) is 48.6 Å². The predicted octanol–water partition coefficient (Wildman–Crippen LogP) is 3.82. The number of benzene rings is 1. The van der Waals surface area contributed by atoms with Crippen molar-refractivity contribution >= 4 is 16.9 Å². The predicted molar refractivity (Wildman–Crippen MR) is 115 cm³/mol. The molecule has 6 nitrogen and oxygen atoms in total. The SMILES string of the molecule is Fc1ccc2c(c1)CC(N1CC3COCC3C1)CC2.Nc1ncnc2[nH]c(C(F)(F)F)cc12. The second-order valence-corrected chi connectivity index (χ2v) is 9.02. The minimum atomic E-state index is -4.42. The van der Waals surface area contributed by atoms with Crippen LogP contribution in [0.15, 0.2) is 30.6 Å². The van der Waals surface area contributed by atoms with Gasteiger partial charge in [-0.3, -0.25) is 4.90 Å². The van der Waals surface area contributed by atoms with Gasteiger partial charge in [0.25, 0.3) is 0 Å². The van der Waals surface area contributed by atoms with Gasteiger partial charge < -0.3 is 15.5 Å². The second-order valence-electron chi connectivity index (χ2n) is 9.02. The number of hydrogen-bond donors (Lipinski definition) is 2. The molecule has 33 heavy (non-hydrogen) atoms. The van der Waals surface area contributed by atoms with E-state index in [-0.39, 0.29) is 22.7 Å². The van der Waals surface area contributed by atoms with E-state index in [1.807, 2.05) is 6.07 Å². The molecule has 2 aromatic heterocycles. The van der Waals surface area contributed by atoms with Crippen LogP contribution in [0.4, 0.5) is 23.4 Å². The number of nitrogens with two attached hydrogens (primary N) is 1. The first-order chi connectivity index (χ1) is 15.8. The Morgan fingerprint density at radius 2 is 1.82 bits per heavy atom. The summed E-state index contributed by atoms with van der Waals surface area (Å²) in [5.41, 5.74) is 7.16. The van der Waals surface area contributed by atoms with Crippen molar-refractivity contribution in [1.29, 1.82) is 0 Å². The molecule has 2 saturated heterocycles. The molecule has 3 aromatic rings. The topological polar surface area (TPSA) is 80.1 Å². The molecule has 3 aliphatic rings. The molecule has 3 unspecified atom stereocenters. The quantitative estimate of drug-likeness (QED) is 0.537. The van der Waals surface area contributed by atoms with Crippen molar-refractivity contribution in [3.63, 3.8) is 0 Å². The van der Waals surface area contributed by atoms with Crippen LogP contribution in [0.3, 0.4) is 0 Å². The molecule has 0 bridgehead atoms. The highest BCUT2D eigenvalue weighted by Crippen LogP contribution is 2.34. The zero-order valence-electron chi connectivity index (χ0n) is 17.9. The van der Waals surface area contributed by atoms with Gasteiger partial charge >= 0.3 is 6.18 Å². The number of likely N-dealkylation sites (tertiary alicyclic amines) is 1. The number of ether oxygens (including phenoxy) is 1. The first kappa shape index (κ1) is 22.1. The van der Waals surface area contributed by atoms with Gasteiger partial charge in [-0.2, -0.15) is 13.2 Å². The van der Waals surface area contributed by atoms with Gasteiger partial charge in [0.1, 0.15) is 29.3 Å². The number of fused-ring (bicyclic) bond motifs is 3. The number of H-pyrrole nitrogens is 1. The van der Waals surface area contributed by atoms with Crippen molar-refractivity contribution in [2.45, 2.75) is 31.5 Å². The smallest absolute Gasteiger partial charge is 0.383 e. The summed E-state index contributed by atoms with van der Waals surface area (Å²) in [5.74, 6) is 1.43. The van der Waals surface area contributed by atoms with E-state index in [2.05, 4.69) is 19.9 Å². The van der Waals surface area contributed by atoms with Crippen LogP contribution in [0.5, 0.6) is 0 Å². The lowest BCUT2D eigenvalue weighted by Crippen LogP contribution is -2.38. The van der Waals surface area contributed by atoms with Gasteiger partial charge in [0.05, 0.1) is 18.6 Å². The molecule has 0 radical (unpaired) electrons. The van der Waals surface area contributed by atoms with Gasteiger partial charge in [-0.15, -0.1) is 0 Å². The molecule has 3 N–H and O–H groups in total. The van der Waals surface area contributed by atoms with Crippen molar-refractivity contribution in [2.75, 3.05) is 32.0 Å². The van der Waals surface area contributed by atoms with E-state index in [9.17, 15) is 17.6 Å². The van der Waals surface area contributed by atoms with E-state index in [0.29, 0.717) is 6.04 Å². The lowest BCUT2D eigenvalue weighted by atomic mass is 9.87. The number of aromatic amines is 1. The molecule has 10 heteroatoms. The molecule has 6 rings (SSSR count). The van der Waals surface area contributed by atoms with Crippen LogP contribution in [0.1, 0.15) is 23.2 Å². The fourth-order valence-corrected chi connectivity index (χ4v) is 5.15. The number of nitrogen functional groups attached to an aromatic ring is 1. The molecule has 1 aromatic carbocycles. The van der Waals surface area contributed by atoms with E-state index in [0.717, 1.165) is 50.3 Å². The summed E-state index contributed by atoms with van der Waals surface area (Å²) < 4.78 is 55.6. The third kappa shape index (κ3) is 4.54. The lowest BCUT2D eigenvalue weighted by molar-refractivity contribution is -0.140. The van der Waals surface area contributed by atoms with Crippen LogP contribution in [0.25, 0.3) is 11.0 Å². The number of aryl methyl sites for hydroxylation is 1. The van der Waals surface area contributed by atoms with Crippen LogP contribution in [-0.2, 0) is 23.8 Å². The maximum absolute atomic E-state index is 13.4. The van der Waals surface area contributed by atoms with Crippen molar-refractivity contribution < 1.29 is 22.3 Å². The van der Waals surface area contributed by atoms with Crippen molar-refractivity contribution in [3.05, 3.63) is 53.2 Å². The monoisotopic (exact) mass is 463 g/mol. The Bertz CT molecular complexity index is 1140. The number of hydrogen-bond acceptors (Lipinski definition) is 5. The molecule has 2 aliphatic heterocycles. The van der Waals surface area contributed by atoms with Crippen LogP contribution < -0.4 is 5.73 Å². The Hall–Kier alpha value is -2.72. The lowest BCUT2D eigenvalue weighted by Gasteiger charge is -2.33. The highest BCUT2D eigenvalue weighted by atomic mass is 19.4. The fourth-order valence-electron chi connectivity index (χ4n) is 5.15. The number of nitrogens with one attached hydrogen (secondary N) is 1. The minimum Gasteiger partial charge on any atom is -0.383 e. The maximum atomic E-state index is 13.4. The van der Waals surface area contributed by atoms with Crippen LogP contribution in [0, 0.1) is 17.7 Å². The molecule has 4 heterocycles. The first-order valence-corrected chi connectivity index (χ1v) is 11.0. The average Bonchev–Trinajstić information content (AvgIpc) is 3.48. The zero-order valence-corrected chi connectivity index (χ0v) is 17.9. The number of aromatic nitrogens is 3. The summed E-state index contributed by atoms with van der Waals surface area (Å²) in [5, 5.41) is 0.180. The standard InChI is InChI=1S/C16H20FNO.C7H5F3N4/c17-15-3-1-11-2-4-16(6-12(11)5-15)18-7-13-9-19-10-14(13)8-18;8-7(9,10)4-1-3-5(11)12-2-13-6(3)14-4/h1,3,5,13-14,16H,2,4,6-10H2;1-2H,(H3,11,12,13,14). The summed E-state index contributed by atoms with van der Waals surface area (Å²) >= 11 is 0. The summed E-state index contributed by atoms with van der Waals surface area (Å²) in [6.07, 6.45) is 0.0242. The summed E-state index contributed by atoms with van der Waals surface area (Å²) in [6, 6.07) is 6.80. The third-order valence-corrected chi connectivity index (χ3v) is 6.92. The van der Waals surface area contributed by atoms with Crippen molar-refractivity contribution in [3.8, 4) is 0 Å². The van der Waals surface area contributed by atoms with Crippen LogP contribution in [0.2, 0.25) is 0 Å². The van der Waals surface area contributed by atoms with Gasteiger partial charge in [0.2, 0.25) is 0 Å². The zero-order chi connectivity index (χ0) is 23.2. The van der Waals surface area contributed by atoms with Crippen molar-refractivity contribution in [1.82, 2.24) is 19.9 Å². The highest BCUT2D eigenvalue weighted by Gasteiger charge is 2.40. The normalized spacial score (nSPS) is 24.9. The Morgan fingerprint density at radius 1 is 1.06 bits per heavy atom. The minimum absolute atomic E-state index is 0.0294. The van der Waals surface area contributed by atoms with Gasteiger partial charge in [0, 0.05) is 31.0 Å². The van der Waals surface area contributed by atoms with E-state index >= 15 is 0 Å². The molecule has 0 saturated carbocycles. The molecule has 0 spiro atoms. The largest absolute Gasteiger partial charge is 0.431 e. The molecule has 0 amide bonds. The number of nitrogens with zero attached hydrogens (tertiary/aromatic N) is 3. The Kier molecular flexibility index (Phi) is 5.74. The van der Waals surface area contributed by atoms with E-state index in [4.69, 9.17) is 10.5 Å². The Balaban J connectivity index is 0.000000146. The van der Waals surface area contributed by atoms with Gasteiger partial charge in [-0.25, -0.2) is 14.4 Å².